The molecule has 1 heterocycles. The summed E-state index contributed by atoms with van der Waals surface area (Å²) in [5.41, 5.74) is 1.62. The minimum absolute atomic E-state index is 0.347. The van der Waals surface area contributed by atoms with Gasteiger partial charge in [-0.3, -0.25) is 10.1 Å². The number of carbonyl (C=O) groups is 2. The van der Waals surface area contributed by atoms with Crippen LogP contribution in [0.25, 0.3) is 0 Å². The first-order valence-electron chi connectivity index (χ1n) is 4.45. The number of imide groups is 1. The zero-order valence-corrected chi connectivity index (χ0v) is 8.76. The molecule has 1 aliphatic heterocycles. The molecule has 15 heavy (non-hydrogen) atoms. The van der Waals surface area contributed by atoms with Gasteiger partial charge in [0.2, 0.25) is 0 Å². The highest BCUT2D eigenvalue weighted by molar-refractivity contribution is 6.31. The molecule has 1 aromatic carbocycles. The molecule has 0 bridgehead atoms. The van der Waals surface area contributed by atoms with E-state index >= 15 is 0 Å². The number of aryl methyl sites for hydroxylation is 1. The Morgan fingerprint density at radius 1 is 1.33 bits per heavy atom. The molecule has 1 atom stereocenters. The third-order valence-corrected chi connectivity index (χ3v) is 2.71. The first kappa shape index (κ1) is 9.98. The molecular weight excluding hydrogens is 216 g/mol. The topological polar surface area (TPSA) is 58.2 Å². The van der Waals surface area contributed by atoms with Crippen molar-refractivity contribution in [3.8, 4) is 0 Å². The molecule has 4 nitrogen and oxygen atoms in total. The first-order chi connectivity index (χ1) is 7.08. The zero-order chi connectivity index (χ0) is 11.0. The van der Waals surface area contributed by atoms with Crippen molar-refractivity contribution < 1.29 is 9.59 Å². The predicted molar refractivity (Wildman–Crippen MR) is 55.6 cm³/mol. The van der Waals surface area contributed by atoms with E-state index in [0.29, 0.717) is 10.6 Å². The average Bonchev–Trinajstić information content (AvgIpc) is 2.50. The predicted octanol–water partition coefficient (Wildman–Crippen LogP) is 1.53. The van der Waals surface area contributed by atoms with Crippen LogP contribution >= 0.6 is 11.6 Å². The molecule has 3 amide bonds. The molecule has 78 valence electrons. The maximum Gasteiger partial charge on any atom is 0.322 e. The lowest BCUT2D eigenvalue weighted by molar-refractivity contribution is -0.120. The largest absolute Gasteiger partial charge is 0.322 e. The quantitative estimate of drug-likeness (QED) is 0.711. The van der Waals surface area contributed by atoms with Crippen LogP contribution in [0.5, 0.6) is 0 Å². The molecule has 0 radical (unpaired) electrons. The van der Waals surface area contributed by atoms with Crippen LogP contribution in [0.2, 0.25) is 5.02 Å². The van der Waals surface area contributed by atoms with Gasteiger partial charge in [-0.15, -0.1) is 0 Å². The van der Waals surface area contributed by atoms with Crippen LogP contribution in [0.15, 0.2) is 18.2 Å². The van der Waals surface area contributed by atoms with Crippen LogP contribution in [-0.4, -0.2) is 11.9 Å². The van der Waals surface area contributed by atoms with E-state index in [1.807, 2.05) is 13.0 Å². The number of benzene rings is 1. The van der Waals surface area contributed by atoms with E-state index in [4.69, 9.17) is 11.6 Å². The summed E-state index contributed by atoms with van der Waals surface area (Å²) in [6, 6.07) is 4.18. The van der Waals surface area contributed by atoms with E-state index in [2.05, 4.69) is 10.6 Å². The van der Waals surface area contributed by atoms with Crippen molar-refractivity contribution in [1.29, 1.82) is 0 Å². The van der Waals surface area contributed by atoms with E-state index in [1.165, 1.54) is 0 Å². The van der Waals surface area contributed by atoms with E-state index in [0.717, 1.165) is 5.56 Å². The minimum Gasteiger partial charge on any atom is -0.322 e. The summed E-state index contributed by atoms with van der Waals surface area (Å²) in [6.45, 7) is 1.87. The number of urea groups is 1. The van der Waals surface area contributed by atoms with Gasteiger partial charge in [0, 0.05) is 5.02 Å². The smallest absolute Gasteiger partial charge is 0.322 e. The lowest BCUT2D eigenvalue weighted by Gasteiger charge is -2.08. The fraction of sp³-hybridized carbons (Fsp3) is 0.200. The Labute approximate surface area is 91.6 Å². The molecular formula is C10H9ClN2O2. The van der Waals surface area contributed by atoms with E-state index in [9.17, 15) is 9.59 Å². The molecule has 1 fully saturated rings. The highest BCUT2D eigenvalue weighted by Crippen LogP contribution is 2.22. The number of rotatable bonds is 1. The Morgan fingerprint density at radius 3 is 2.60 bits per heavy atom. The van der Waals surface area contributed by atoms with Gasteiger partial charge in [0.25, 0.3) is 5.91 Å². The average molecular weight is 225 g/mol. The molecule has 0 aliphatic carbocycles. The molecule has 5 heteroatoms. The number of amides is 3. The number of halogens is 1. The normalized spacial score (nSPS) is 20.0. The lowest BCUT2D eigenvalue weighted by Crippen LogP contribution is -2.22. The Bertz CT molecular complexity index is 445. The molecule has 1 aliphatic rings. The summed E-state index contributed by atoms with van der Waals surface area (Å²) in [5.74, 6) is -0.347. The minimum atomic E-state index is -0.629. The zero-order valence-electron chi connectivity index (χ0n) is 8.00. The van der Waals surface area contributed by atoms with Crippen LogP contribution in [0.3, 0.4) is 0 Å². The fourth-order valence-electron chi connectivity index (χ4n) is 1.44. The number of hydrogen-bond donors (Lipinski definition) is 2. The monoisotopic (exact) mass is 224 g/mol. The van der Waals surface area contributed by atoms with Crippen LogP contribution < -0.4 is 10.6 Å². The maximum absolute atomic E-state index is 11.3. The summed E-state index contributed by atoms with van der Waals surface area (Å²) in [4.78, 5) is 22.3. The summed E-state index contributed by atoms with van der Waals surface area (Å²) in [7, 11) is 0. The highest BCUT2D eigenvalue weighted by atomic mass is 35.5. The van der Waals surface area contributed by atoms with E-state index < -0.39 is 12.1 Å². The van der Waals surface area contributed by atoms with Gasteiger partial charge in [-0.05, 0) is 24.1 Å². The van der Waals surface area contributed by atoms with Crippen molar-refractivity contribution in [2.75, 3.05) is 0 Å². The summed E-state index contributed by atoms with van der Waals surface area (Å²) in [6.07, 6.45) is 0. The van der Waals surface area contributed by atoms with Gasteiger partial charge in [0.05, 0.1) is 0 Å². The second kappa shape index (κ2) is 3.55. The number of hydrogen-bond acceptors (Lipinski definition) is 2. The summed E-state index contributed by atoms with van der Waals surface area (Å²) < 4.78 is 0. The van der Waals surface area contributed by atoms with Gasteiger partial charge in [-0.1, -0.05) is 23.7 Å². The first-order valence-corrected chi connectivity index (χ1v) is 4.83. The Morgan fingerprint density at radius 2 is 2.07 bits per heavy atom. The van der Waals surface area contributed by atoms with E-state index in [-0.39, 0.29) is 5.91 Å². The van der Waals surface area contributed by atoms with E-state index in [1.54, 1.807) is 12.1 Å². The van der Waals surface area contributed by atoms with Crippen molar-refractivity contribution in [2.24, 2.45) is 0 Å². The molecule has 1 unspecified atom stereocenters. The van der Waals surface area contributed by atoms with Crippen LogP contribution in [-0.2, 0) is 4.79 Å². The third kappa shape index (κ3) is 1.80. The standard InChI is InChI=1S/C10H9ClN2O2/c1-5-2-3-6(4-7(5)11)8-9(14)13-10(15)12-8/h2-4,8H,1H3,(H2,12,13,14,15). The fourth-order valence-corrected chi connectivity index (χ4v) is 1.63. The molecule has 1 saturated heterocycles. The van der Waals surface area contributed by atoms with Crippen molar-refractivity contribution in [3.05, 3.63) is 34.3 Å². The van der Waals surface area contributed by atoms with Gasteiger partial charge in [0.15, 0.2) is 0 Å². The maximum atomic E-state index is 11.3. The van der Waals surface area contributed by atoms with Crippen LogP contribution in [0.1, 0.15) is 17.2 Å². The number of nitrogens with one attached hydrogen (secondary N) is 2. The summed E-state index contributed by atoms with van der Waals surface area (Å²) in [5, 5.41) is 5.26. The summed E-state index contributed by atoms with van der Waals surface area (Å²) >= 11 is 5.93. The Balaban J connectivity index is 2.34. The second-order valence-corrected chi connectivity index (χ2v) is 3.81. The van der Waals surface area contributed by atoms with Gasteiger partial charge in [-0.25, -0.2) is 4.79 Å². The van der Waals surface area contributed by atoms with Gasteiger partial charge < -0.3 is 5.32 Å². The third-order valence-electron chi connectivity index (χ3n) is 2.30. The molecule has 0 aromatic heterocycles. The second-order valence-electron chi connectivity index (χ2n) is 3.40. The Hall–Kier alpha value is -1.55. The molecule has 0 saturated carbocycles. The molecule has 2 rings (SSSR count). The van der Waals surface area contributed by atoms with Crippen molar-refractivity contribution >= 4 is 23.5 Å². The van der Waals surface area contributed by atoms with Crippen molar-refractivity contribution in [2.45, 2.75) is 13.0 Å². The van der Waals surface area contributed by atoms with Gasteiger partial charge >= 0.3 is 6.03 Å². The number of carbonyl (C=O) groups excluding carboxylic acids is 2. The van der Waals surface area contributed by atoms with Crippen molar-refractivity contribution in [3.63, 3.8) is 0 Å². The Kier molecular flexibility index (Phi) is 2.36. The molecule has 0 spiro atoms. The molecule has 2 N–H and O–H groups in total. The SMILES string of the molecule is Cc1ccc(C2NC(=O)NC2=O)cc1Cl. The molecule has 1 aromatic rings. The van der Waals surface area contributed by atoms with Crippen LogP contribution in [0, 0.1) is 6.92 Å². The van der Waals surface area contributed by atoms with Gasteiger partial charge in [-0.2, -0.15) is 0 Å². The highest BCUT2D eigenvalue weighted by Gasteiger charge is 2.30. The van der Waals surface area contributed by atoms with Gasteiger partial charge in [0.1, 0.15) is 6.04 Å². The van der Waals surface area contributed by atoms with Crippen molar-refractivity contribution in [1.82, 2.24) is 10.6 Å². The lowest BCUT2D eigenvalue weighted by atomic mass is 10.1. The van der Waals surface area contributed by atoms with Crippen LogP contribution in [0.4, 0.5) is 4.79 Å².